The minimum Gasteiger partial charge on any atom is -0.388 e. The molecule has 0 radical (unpaired) electrons. The molecule has 2 aromatic rings. The Morgan fingerprint density at radius 3 is 2.33 bits per heavy atom. The molecular weight excluding hydrogens is 284 g/mol. The van der Waals surface area contributed by atoms with E-state index in [4.69, 9.17) is 0 Å². The highest BCUT2D eigenvalue weighted by molar-refractivity contribution is 5.35. The van der Waals surface area contributed by atoms with Crippen LogP contribution in [0, 0.1) is 12.7 Å². The second-order valence-corrected chi connectivity index (χ2v) is 4.88. The van der Waals surface area contributed by atoms with Crippen LogP contribution < -0.4 is 0 Å². The van der Waals surface area contributed by atoms with E-state index in [1.807, 2.05) is 0 Å². The van der Waals surface area contributed by atoms with Crippen LogP contribution in [-0.2, 0) is 12.6 Å². The average molecular weight is 298 g/mol. The monoisotopic (exact) mass is 298 g/mol. The maximum Gasteiger partial charge on any atom is 0.416 e. The number of aliphatic hydroxyl groups excluding tert-OH is 1. The van der Waals surface area contributed by atoms with Crippen molar-refractivity contribution in [3.63, 3.8) is 0 Å². The van der Waals surface area contributed by atoms with Gasteiger partial charge in [0.2, 0.25) is 0 Å². The zero-order chi connectivity index (χ0) is 15.6. The van der Waals surface area contributed by atoms with E-state index < -0.39 is 23.7 Å². The van der Waals surface area contributed by atoms with Crippen LogP contribution in [0.1, 0.15) is 28.4 Å². The van der Waals surface area contributed by atoms with Gasteiger partial charge in [-0.15, -0.1) is 0 Å². The SMILES string of the molecule is Cc1cc(C(F)(F)F)ccc1C(O)Cc1ccccc1F. The van der Waals surface area contributed by atoms with Crippen molar-refractivity contribution in [3.05, 3.63) is 70.5 Å². The van der Waals surface area contributed by atoms with Crippen molar-refractivity contribution in [2.75, 3.05) is 0 Å². The van der Waals surface area contributed by atoms with Crippen LogP contribution in [0.4, 0.5) is 17.6 Å². The molecule has 0 amide bonds. The van der Waals surface area contributed by atoms with Gasteiger partial charge in [-0.1, -0.05) is 24.3 Å². The molecule has 0 fully saturated rings. The summed E-state index contributed by atoms with van der Waals surface area (Å²) in [7, 11) is 0. The fourth-order valence-electron chi connectivity index (χ4n) is 2.21. The quantitative estimate of drug-likeness (QED) is 0.831. The molecule has 0 aliphatic heterocycles. The molecule has 1 N–H and O–H groups in total. The van der Waals surface area contributed by atoms with Crippen LogP contribution >= 0.6 is 0 Å². The second-order valence-electron chi connectivity index (χ2n) is 4.88. The normalized spacial score (nSPS) is 13.2. The Kier molecular flexibility index (Phi) is 4.32. The molecule has 0 aliphatic rings. The van der Waals surface area contributed by atoms with Gasteiger partial charge in [-0.3, -0.25) is 0 Å². The predicted molar refractivity (Wildman–Crippen MR) is 71.2 cm³/mol. The Hall–Kier alpha value is -1.88. The third kappa shape index (κ3) is 3.61. The van der Waals surface area contributed by atoms with Gasteiger partial charge in [-0.2, -0.15) is 13.2 Å². The first-order valence-corrected chi connectivity index (χ1v) is 6.38. The van der Waals surface area contributed by atoms with E-state index in [1.165, 1.54) is 31.2 Å². The number of aryl methyl sites for hydroxylation is 1. The van der Waals surface area contributed by atoms with E-state index >= 15 is 0 Å². The molecular formula is C16H14F4O. The van der Waals surface area contributed by atoms with E-state index in [-0.39, 0.29) is 6.42 Å². The summed E-state index contributed by atoms with van der Waals surface area (Å²) in [4.78, 5) is 0. The summed E-state index contributed by atoms with van der Waals surface area (Å²) in [6.45, 7) is 1.50. The average Bonchev–Trinajstić information content (AvgIpc) is 2.40. The first-order chi connectivity index (χ1) is 9.79. The molecule has 1 unspecified atom stereocenters. The smallest absolute Gasteiger partial charge is 0.388 e. The zero-order valence-corrected chi connectivity index (χ0v) is 11.3. The number of hydrogen-bond acceptors (Lipinski definition) is 1. The molecule has 1 nitrogen and oxygen atoms in total. The van der Waals surface area contributed by atoms with Gasteiger partial charge < -0.3 is 5.11 Å². The first kappa shape index (κ1) is 15.5. The van der Waals surface area contributed by atoms with Crippen molar-refractivity contribution in [1.82, 2.24) is 0 Å². The summed E-state index contributed by atoms with van der Waals surface area (Å²) in [5.41, 5.74) is 0.256. The molecule has 0 heterocycles. The second kappa shape index (κ2) is 5.85. The number of benzene rings is 2. The van der Waals surface area contributed by atoms with Crippen LogP contribution in [0.25, 0.3) is 0 Å². The van der Waals surface area contributed by atoms with Gasteiger partial charge in [0.15, 0.2) is 0 Å². The maximum absolute atomic E-state index is 13.5. The molecule has 112 valence electrons. The third-order valence-electron chi connectivity index (χ3n) is 3.33. The molecule has 0 aromatic heterocycles. The number of halogens is 4. The zero-order valence-electron chi connectivity index (χ0n) is 11.3. The van der Waals surface area contributed by atoms with E-state index in [0.29, 0.717) is 16.7 Å². The van der Waals surface area contributed by atoms with Crippen LogP contribution in [0.15, 0.2) is 42.5 Å². The van der Waals surface area contributed by atoms with Crippen molar-refractivity contribution in [2.24, 2.45) is 0 Å². The van der Waals surface area contributed by atoms with Gasteiger partial charge in [-0.25, -0.2) is 4.39 Å². The standard InChI is InChI=1S/C16H14F4O/c1-10-8-12(16(18,19)20)6-7-13(10)15(21)9-11-4-2-3-5-14(11)17/h2-8,15,21H,9H2,1H3. The van der Waals surface area contributed by atoms with Gasteiger partial charge in [0.1, 0.15) is 5.82 Å². The van der Waals surface area contributed by atoms with E-state index in [2.05, 4.69) is 0 Å². The highest BCUT2D eigenvalue weighted by Gasteiger charge is 2.31. The predicted octanol–water partition coefficient (Wildman–Crippen LogP) is 4.43. The van der Waals surface area contributed by atoms with Crippen molar-refractivity contribution in [2.45, 2.75) is 25.6 Å². The number of alkyl halides is 3. The summed E-state index contributed by atoms with van der Waals surface area (Å²) in [6, 6.07) is 9.15. The summed E-state index contributed by atoms with van der Waals surface area (Å²) < 4.78 is 51.3. The lowest BCUT2D eigenvalue weighted by Crippen LogP contribution is -2.09. The molecule has 2 aromatic carbocycles. The summed E-state index contributed by atoms with van der Waals surface area (Å²) in [6.07, 6.45) is -5.46. The largest absolute Gasteiger partial charge is 0.416 e. The topological polar surface area (TPSA) is 20.2 Å². The third-order valence-corrected chi connectivity index (χ3v) is 3.33. The van der Waals surface area contributed by atoms with Gasteiger partial charge in [0.25, 0.3) is 0 Å². The Balaban J connectivity index is 2.24. The minimum absolute atomic E-state index is 0.0128. The first-order valence-electron chi connectivity index (χ1n) is 6.38. The Labute approximate surface area is 119 Å². The molecule has 1 atom stereocenters. The number of rotatable bonds is 3. The van der Waals surface area contributed by atoms with E-state index in [0.717, 1.165) is 12.1 Å². The summed E-state index contributed by atoms with van der Waals surface area (Å²) in [5.74, 6) is -0.443. The number of aliphatic hydroxyl groups is 1. The fourth-order valence-corrected chi connectivity index (χ4v) is 2.21. The number of hydrogen-bond donors (Lipinski definition) is 1. The summed E-state index contributed by atoms with van der Waals surface area (Å²) >= 11 is 0. The van der Waals surface area contributed by atoms with Gasteiger partial charge in [0.05, 0.1) is 11.7 Å². The molecule has 0 bridgehead atoms. The van der Waals surface area contributed by atoms with Crippen molar-refractivity contribution in [1.29, 1.82) is 0 Å². The lowest BCUT2D eigenvalue weighted by molar-refractivity contribution is -0.137. The van der Waals surface area contributed by atoms with Gasteiger partial charge in [0, 0.05) is 6.42 Å². The molecule has 0 aliphatic carbocycles. The van der Waals surface area contributed by atoms with E-state index in [1.54, 1.807) is 6.07 Å². The lowest BCUT2D eigenvalue weighted by atomic mass is 9.96. The lowest BCUT2D eigenvalue weighted by Gasteiger charge is -2.16. The highest BCUT2D eigenvalue weighted by Crippen LogP contribution is 2.32. The van der Waals surface area contributed by atoms with E-state index in [9.17, 15) is 22.7 Å². The van der Waals surface area contributed by atoms with Gasteiger partial charge >= 0.3 is 6.18 Å². The van der Waals surface area contributed by atoms with Crippen molar-refractivity contribution >= 4 is 0 Å². The minimum atomic E-state index is -4.42. The van der Waals surface area contributed by atoms with Crippen LogP contribution in [0.5, 0.6) is 0 Å². The molecule has 5 heteroatoms. The molecule has 21 heavy (non-hydrogen) atoms. The fraction of sp³-hybridized carbons (Fsp3) is 0.250. The Bertz CT molecular complexity index is 634. The molecule has 0 spiro atoms. The van der Waals surface area contributed by atoms with Crippen LogP contribution in [-0.4, -0.2) is 5.11 Å². The molecule has 2 rings (SSSR count). The molecule has 0 saturated carbocycles. The van der Waals surface area contributed by atoms with Crippen LogP contribution in [0.2, 0.25) is 0 Å². The summed E-state index contributed by atoms with van der Waals surface area (Å²) in [5, 5.41) is 10.1. The molecule has 0 saturated heterocycles. The maximum atomic E-state index is 13.5. The van der Waals surface area contributed by atoms with Gasteiger partial charge in [-0.05, 0) is 41.8 Å². The highest BCUT2D eigenvalue weighted by atomic mass is 19.4. The van der Waals surface area contributed by atoms with Crippen LogP contribution in [0.3, 0.4) is 0 Å². The van der Waals surface area contributed by atoms with Crippen molar-refractivity contribution < 1.29 is 22.7 Å². The van der Waals surface area contributed by atoms with Crippen molar-refractivity contribution in [3.8, 4) is 0 Å². The Morgan fingerprint density at radius 1 is 1.10 bits per heavy atom. The Morgan fingerprint density at radius 2 is 1.76 bits per heavy atom.